The first-order chi connectivity index (χ1) is 15.3. The van der Waals surface area contributed by atoms with Gasteiger partial charge in [0, 0.05) is 31.8 Å². The van der Waals surface area contributed by atoms with Crippen molar-refractivity contribution in [1.82, 2.24) is 15.0 Å². The minimum Gasteiger partial charge on any atom is -0.481 e. The summed E-state index contributed by atoms with van der Waals surface area (Å²) in [5.74, 6) is -1.19. The van der Waals surface area contributed by atoms with E-state index in [4.69, 9.17) is 5.11 Å². The highest BCUT2D eigenvalue weighted by Gasteiger charge is 2.32. The molecule has 32 heavy (non-hydrogen) atoms. The van der Waals surface area contributed by atoms with E-state index < -0.39 is 12.3 Å². The number of nitrogens with zero attached hydrogens (tertiary/aromatic N) is 4. The zero-order valence-electron chi connectivity index (χ0n) is 16.8. The summed E-state index contributed by atoms with van der Waals surface area (Å²) >= 11 is 0. The lowest BCUT2D eigenvalue weighted by Crippen LogP contribution is -2.21. The van der Waals surface area contributed by atoms with Gasteiger partial charge in [-0.05, 0) is 53.9 Å². The number of halogens is 3. The Morgan fingerprint density at radius 2 is 1.81 bits per heavy atom. The van der Waals surface area contributed by atoms with Gasteiger partial charge in [-0.3, -0.25) is 19.8 Å². The van der Waals surface area contributed by atoms with Gasteiger partial charge in [-0.2, -0.15) is 5.10 Å². The molecule has 1 aromatic heterocycles. The standard InChI is InChI=1S/C22H19F3N4O3/c23-22(24,25)32-16-6-3-14(4-7-16)18-13-20(29(28-18)11-1-2-21(30)31)15-5-8-17-19(12-15)27-10-9-26-17/h3-10,12,20H,1-2,11,13H2,(H,30,31). The van der Waals surface area contributed by atoms with Gasteiger partial charge in [0.2, 0.25) is 0 Å². The fourth-order valence-electron chi connectivity index (χ4n) is 3.65. The number of alkyl halides is 3. The molecule has 7 nitrogen and oxygen atoms in total. The lowest BCUT2D eigenvalue weighted by atomic mass is 9.98. The largest absolute Gasteiger partial charge is 0.573 e. The number of carbonyl (C=O) groups is 1. The molecular formula is C22H19F3N4O3. The summed E-state index contributed by atoms with van der Waals surface area (Å²) in [7, 11) is 0. The van der Waals surface area contributed by atoms with Crippen molar-refractivity contribution < 1.29 is 27.8 Å². The zero-order chi connectivity index (χ0) is 22.7. The first-order valence-electron chi connectivity index (χ1n) is 9.91. The highest BCUT2D eigenvalue weighted by Crippen LogP contribution is 2.34. The topological polar surface area (TPSA) is 87.9 Å². The lowest BCUT2D eigenvalue weighted by Gasteiger charge is -2.23. The van der Waals surface area contributed by atoms with Crippen LogP contribution in [0, 0.1) is 0 Å². The Bertz CT molecular complexity index is 1150. The van der Waals surface area contributed by atoms with Gasteiger partial charge in [-0.25, -0.2) is 0 Å². The quantitative estimate of drug-likeness (QED) is 0.576. The van der Waals surface area contributed by atoms with Crippen LogP contribution in [0.25, 0.3) is 11.0 Å². The Hall–Kier alpha value is -3.69. The second-order valence-electron chi connectivity index (χ2n) is 7.30. The van der Waals surface area contributed by atoms with Crippen molar-refractivity contribution in [2.75, 3.05) is 6.54 Å². The van der Waals surface area contributed by atoms with Gasteiger partial charge in [-0.1, -0.05) is 6.07 Å². The van der Waals surface area contributed by atoms with Crippen molar-refractivity contribution >= 4 is 22.7 Å². The number of carboxylic acid groups (broad SMARTS) is 1. The highest BCUT2D eigenvalue weighted by molar-refractivity contribution is 6.02. The Kier molecular flexibility index (Phi) is 5.93. The molecule has 2 aromatic carbocycles. The molecule has 166 valence electrons. The lowest BCUT2D eigenvalue weighted by molar-refractivity contribution is -0.274. The molecule has 0 bridgehead atoms. The highest BCUT2D eigenvalue weighted by atomic mass is 19.4. The molecule has 4 rings (SSSR count). The summed E-state index contributed by atoms with van der Waals surface area (Å²) < 4.78 is 41.2. The van der Waals surface area contributed by atoms with Crippen LogP contribution in [-0.4, -0.2) is 44.7 Å². The molecule has 0 radical (unpaired) electrons. The predicted molar refractivity (Wildman–Crippen MR) is 110 cm³/mol. The molecule has 1 N–H and O–H groups in total. The number of hydrogen-bond acceptors (Lipinski definition) is 6. The first kappa shape index (κ1) is 21.5. The molecule has 0 spiro atoms. The number of carboxylic acids is 1. The van der Waals surface area contributed by atoms with Gasteiger partial charge in [0.05, 0.1) is 22.8 Å². The van der Waals surface area contributed by atoms with Crippen molar-refractivity contribution in [3.63, 3.8) is 0 Å². The van der Waals surface area contributed by atoms with E-state index in [0.717, 1.165) is 16.6 Å². The Labute approximate surface area is 181 Å². The van der Waals surface area contributed by atoms with Gasteiger partial charge < -0.3 is 9.84 Å². The van der Waals surface area contributed by atoms with E-state index in [1.165, 1.54) is 24.3 Å². The Morgan fingerprint density at radius 1 is 1.09 bits per heavy atom. The number of ether oxygens (including phenoxy) is 1. The third kappa shape index (κ3) is 5.13. The van der Waals surface area contributed by atoms with E-state index in [2.05, 4.69) is 19.8 Å². The average Bonchev–Trinajstić information content (AvgIpc) is 3.16. The van der Waals surface area contributed by atoms with Crippen molar-refractivity contribution in [1.29, 1.82) is 0 Å². The normalized spacial score (nSPS) is 16.3. The Balaban J connectivity index is 1.58. The van der Waals surface area contributed by atoms with Gasteiger partial charge in [-0.15, -0.1) is 13.2 Å². The summed E-state index contributed by atoms with van der Waals surface area (Å²) in [5, 5.41) is 15.4. The minimum atomic E-state index is -4.75. The van der Waals surface area contributed by atoms with Crippen LogP contribution in [0.5, 0.6) is 5.75 Å². The van der Waals surface area contributed by atoms with Crippen LogP contribution in [0.2, 0.25) is 0 Å². The molecular weight excluding hydrogens is 425 g/mol. The number of benzene rings is 2. The smallest absolute Gasteiger partial charge is 0.481 e. The molecule has 0 amide bonds. The van der Waals surface area contributed by atoms with Crippen LogP contribution in [0.15, 0.2) is 60.0 Å². The first-order valence-corrected chi connectivity index (χ1v) is 9.91. The van der Waals surface area contributed by atoms with Crippen LogP contribution >= 0.6 is 0 Å². The van der Waals surface area contributed by atoms with Crippen molar-refractivity contribution in [2.45, 2.75) is 31.7 Å². The molecule has 2 heterocycles. The van der Waals surface area contributed by atoms with E-state index in [1.54, 1.807) is 12.4 Å². The zero-order valence-corrected chi connectivity index (χ0v) is 16.8. The number of aromatic nitrogens is 2. The molecule has 10 heteroatoms. The third-order valence-corrected chi connectivity index (χ3v) is 5.07. The molecule has 3 aromatic rings. The summed E-state index contributed by atoms with van der Waals surface area (Å²) in [6, 6.07) is 11.1. The van der Waals surface area contributed by atoms with Crippen LogP contribution in [0.1, 0.15) is 36.4 Å². The number of aliphatic carboxylic acids is 1. The summed E-state index contributed by atoms with van der Waals surface area (Å²) in [6.45, 7) is 0.425. The van der Waals surface area contributed by atoms with Crippen LogP contribution < -0.4 is 4.74 Å². The van der Waals surface area contributed by atoms with Gasteiger partial charge in [0.25, 0.3) is 0 Å². The SMILES string of the molecule is O=C(O)CCCN1N=C(c2ccc(OC(F)(F)F)cc2)CC1c1ccc2nccnc2c1. The van der Waals surface area contributed by atoms with Crippen LogP contribution in [0.4, 0.5) is 13.2 Å². The Morgan fingerprint density at radius 3 is 2.50 bits per heavy atom. The predicted octanol–water partition coefficient (Wildman–Crippen LogP) is 4.54. The fourth-order valence-corrected chi connectivity index (χ4v) is 3.65. The second-order valence-corrected chi connectivity index (χ2v) is 7.30. The summed E-state index contributed by atoms with van der Waals surface area (Å²) in [6.07, 6.45) is -0.591. The maximum absolute atomic E-state index is 12.4. The van der Waals surface area contributed by atoms with Crippen molar-refractivity contribution in [3.05, 3.63) is 66.0 Å². The minimum absolute atomic E-state index is 0.0146. The van der Waals surface area contributed by atoms with E-state index in [0.29, 0.717) is 30.7 Å². The number of fused-ring (bicyclic) bond motifs is 1. The summed E-state index contributed by atoms with van der Waals surface area (Å²) in [5.41, 5.74) is 3.81. The van der Waals surface area contributed by atoms with Crippen LogP contribution in [0.3, 0.4) is 0 Å². The second kappa shape index (κ2) is 8.81. The number of hydrazone groups is 1. The molecule has 0 saturated carbocycles. The number of rotatable bonds is 7. The molecule has 1 unspecified atom stereocenters. The maximum atomic E-state index is 12.4. The maximum Gasteiger partial charge on any atom is 0.573 e. The van der Waals surface area contributed by atoms with Crippen molar-refractivity contribution in [3.8, 4) is 5.75 Å². The molecule has 0 fully saturated rings. The number of hydrogen-bond donors (Lipinski definition) is 1. The van der Waals surface area contributed by atoms with Crippen LogP contribution in [-0.2, 0) is 4.79 Å². The third-order valence-electron chi connectivity index (χ3n) is 5.07. The fraction of sp³-hybridized carbons (Fsp3) is 0.273. The molecule has 0 aliphatic carbocycles. The van der Waals surface area contributed by atoms with Crippen molar-refractivity contribution in [2.24, 2.45) is 5.10 Å². The molecule has 1 aliphatic heterocycles. The van der Waals surface area contributed by atoms with Gasteiger partial charge in [0.1, 0.15) is 5.75 Å². The average molecular weight is 444 g/mol. The van der Waals surface area contributed by atoms with Gasteiger partial charge >= 0.3 is 12.3 Å². The van der Waals surface area contributed by atoms with E-state index in [-0.39, 0.29) is 18.2 Å². The van der Waals surface area contributed by atoms with E-state index in [1.807, 2.05) is 23.2 Å². The molecule has 0 saturated heterocycles. The van der Waals surface area contributed by atoms with E-state index in [9.17, 15) is 18.0 Å². The monoisotopic (exact) mass is 444 g/mol. The van der Waals surface area contributed by atoms with Gasteiger partial charge in [0.15, 0.2) is 0 Å². The van der Waals surface area contributed by atoms with E-state index >= 15 is 0 Å². The summed E-state index contributed by atoms with van der Waals surface area (Å²) in [4.78, 5) is 19.5. The molecule has 1 aliphatic rings. The molecule has 1 atom stereocenters.